The fourth-order valence-corrected chi connectivity index (χ4v) is 1.85. The molecule has 0 aliphatic heterocycles. The molecule has 0 fully saturated rings. The Hall–Kier alpha value is -2.34. The second kappa shape index (κ2) is 7.44. The van der Waals surface area contributed by atoms with Crippen LogP contribution >= 0.6 is 0 Å². The lowest BCUT2D eigenvalue weighted by molar-refractivity contribution is 0.202. The number of anilines is 1. The van der Waals surface area contributed by atoms with Crippen LogP contribution in [0.5, 0.6) is 17.4 Å². The van der Waals surface area contributed by atoms with Crippen LogP contribution in [0.15, 0.2) is 30.6 Å². The summed E-state index contributed by atoms with van der Waals surface area (Å²) in [6.45, 7) is 0.700. The van der Waals surface area contributed by atoms with E-state index in [9.17, 15) is 0 Å². The molecule has 0 radical (unpaired) electrons. The largest absolute Gasteiger partial charge is 0.489 e. The lowest BCUT2D eigenvalue weighted by Gasteiger charge is -2.12. The van der Waals surface area contributed by atoms with Gasteiger partial charge in [0.15, 0.2) is 5.82 Å². The van der Waals surface area contributed by atoms with Crippen molar-refractivity contribution in [1.29, 1.82) is 0 Å². The molecule has 0 aliphatic carbocycles. The number of aromatic nitrogens is 2. The van der Waals surface area contributed by atoms with Crippen LogP contribution in [0.3, 0.4) is 0 Å². The summed E-state index contributed by atoms with van der Waals surface area (Å²) in [7, 11) is 5.01. The van der Waals surface area contributed by atoms with Crippen molar-refractivity contribution in [2.75, 3.05) is 33.2 Å². The Morgan fingerprint density at radius 3 is 2.48 bits per heavy atom. The van der Waals surface area contributed by atoms with Crippen molar-refractivity contribution in [1.82, 2.24) is 9.97 Å². The molecule has 0 unspecified atom stereocenters. The molecule has 112 valence electrons. The van der Waals surface area contributed by atoms with Crippen LogP contribution < -0.4 is 14.8 Å². The third-order valence-electron chi connectivity index (χ3n) is 2.94. The van der Waals surface area contributed by atoms with Gasteiger partial charge in [-0.05, 0) is 24.1 Å². The quantitative estimate of drug-likeness (QED) is 0.845. The summed E-state index contributed by atoms with van der Waals surface area (Å²) in [5, 5.41) is 2.93. The third-order valence-corrected chi connectivity index (χ3v) is 2.94. The highest BCUT2D eigenvalue weighted by molar-refractivity contribution is 5.55. The van der Waals surface area contributed by atoms with Gasteiger partial charge in [0.1, 0.15) is 12.1 Å². The predicted octanol–water partition coefficient (Wildman–Crippen LogP) is 2.51. The average Bonchev–Trinajstić information content (AvgIpc) is 2.54. The average molecular weight is 289 g/mol. The molecule has 1 aromatic carbocycles. The van der Waals surface area contributed by atoms with Gasteiger partial charge in [0.05, 0.1) is 13.7 Å². The Labute approximate surface area is 124 Å². The van der Waals surface area contributed by atoms with Crippen LogP contribution in [0.1, 0.15) is 5.56 Å². The summed E-state index contributed by atoms with van der Waals surface area (Å²) in [6.07, 6.45) is 2.30. The Bertz CT molecular complexity index is 573. The van der Waals surface area contributed by atoms with E-state index in [4.69, 9.17) is 14.2 Å². The smallest absolute Gasteiger partial charge is 0.268 e. The van der Waals surface area contributed by atoms with Crippen LogP contribution in [-0.4, -0.2) is 37.8 Å². The maximum atomic E-state index is 5.75. The molecule has 2 rings (SSSR count). The zero-order valence-corrected chi connectivity index (χ0v) is 12.4. The first-order chi connectivity index (χ1) is 10.3. The molecular formula is C15H19N3O3. The number of nitrogens with one attached hydrogen (secondary N) is 1. The first-order valence-corrected chi connectivity index (χ1v) is 6.61. The Morgan fingerprint density at radius 2 is 1.86 bits per heavy atom. The minimum Gasteiger partial charge on any atom is -0.489 e. The molecule has 1 N–H and O–H groups in total. The number of nitrogens with zero attached hydrogens (tertiary/aromatic N) is 2. The Balaban J connectivity index is 2.14. The van der Waals surface area contributed by atoms with E-state index < -0.39 is 0 Å². The maximum absolute atomic E-state index is 5.75. The van der Waals surface area contributed by atoms with Gasteiger partial charge in [0, 0.05) is 14.2 Å². The maximum Gasteiger partial charge on any atom is 0.268 e. The van der Waals surface area contributed by atoms with Crippen LogP contribution in [-0.2, 0) is 11.2 Å². The number of benzene rings is 1. The molecule has 0 bridgehead atoms. The van der Waals surface area contributed by atoms with Crippen molar-refractivity contribution >= 4 is 5.82 Å². The lowest BCUT2D eigenvalue weighted by atomic mass is 10.1. The van der Waals surface area contributed by atoms with Crippen molar-refractivity contribution in [3.63, 3.8) is 0 Å². The van der Waals surface area contributed by atoms with E-state index >= 15 is 0 Å². The van der Waals surface area contributed by atoms with Gasteiger partial charge in [-0.1, -0.05) is 12.1 Å². The molecule has 0 spiro atoms. The third kappa shape index (κ3) is 3.82. The van der Waals surface area contributed by atoms with Crippen LogP contribution in [0.4, 0.5) is 5.82 Å². The molecule has 1 aromatic heterocycles. The van der Waals surface area contributed by atoms with Gasteiger partial charge in [-0.2, -0.15) is 4.98 Å². The molecule has 2 aromatic rings. The van der Waals surface area contributed by atoms with Crippen molar-refractivity contribution < 1.29 is 14.2 Å². The highest BCUT2D eigenvalue weighted by Gasteiger charge is 2.13. The van der Waals surface area contributed by atoms with Gasteiger partial charge in [-0.25, -0.2) is 4.98 Å². The summed E-state index contributed by atoms with van der Waals surface area (Å²) < 4.78 is 16.1. The van der Waals surface area contributed by atoms with Gasteiger partial charge in [0.2, 0.25) is 5.75 Å². The molecule has 6 heteroatoms. The lowest BCUT2D eigenvalue weighted by Crippen LogP contribution is -2.01. The van der Waals surface area contributed by atoms with Crippen molar-refractivity contribution in [3.8, 4) is 17.4 Å². The summed E-state index contributed by atoms with van der Waals surface area (Å²) >= 11 is 0. The molecule has 1 heterocycles. The number of ether oxygens (including phenoxy) is 3. The fourth-order valence-electron chi connectivity index (χ4n) is 1.85. The summed E-state index contributed by atoms with van der Waals surface area (Å²) in [5.74, 6) is 2.12. The molecule has 0 saturated carbocycles. The van der Waals surface area contributed by atoms with Gasteiger partial charge < -0.3 is 19.5 Å². The van der Waals surface area contributed by atoms with Crippen molar-refractivity contribution in [3.05, 3.63) is 36.2 Å². The first kappa shape index (κ1) is 15.1. The number of methoxy groups -OCH3 is 2. The molecule has 0 atom stereocenters. The van der Waals surface area contributed by atoms with E-state index in [1.165, 1.54) is 11.9 Å². The van der Waals surface area contributed by atoms with Gasteiger partial charge in [-0.3, -0.25) is 0 Å². The number of rotatable bonds is 7. The minimum atomic E-state index is 0.376. The Morgan fingerprint density at radius 1 is 1.10 bits per heavy atom. The van der Waals surface area contributed by atoms with E-state index in [0.717, 1.165) is 6.42 Å². The highest BCUT2D eigenvalue weighted by atomic mass is 16.5. The molecular weight excluding hydrogens is 270 g/mol. The van der Waals surface area contributed by atoms with Crippen LogP contribution in [0.2, 0.25) is 0 Å². The van der Waals surface area contributed by atoms with E-state index in [1.54, 1.807) is 21.3 Å². The topological polar surface area (TPSA) is 65.5 Å². The van der Waals surface area contributed by atoms with E-state index in [-0.39, 0.29) is 0 Å². The van der Waals surface area contributed by atoms with Crippen LogP contribution in [0, 0.1) is 0 Å². The van der Waals surface area contributed by atoms with Crippen molar-refractivity contribution in [2.24, 2.45) is 0 Å². The minimum absolute atomic E-state index is 0.376. The van der Waals surface area contributed by atoms with Gasteiger partial charge in [-0.15, -0.1) is 0 Å². The second-order valence-corrected chi connectivity index (χ2v) is 4.30. The zero-order chi connectivity index (χ0) is 15.1. The molecule has 6 nitrogen and oxygen atoms in total. The van der Waals surface area contributed by atoms with Gasteiger partial charge >= 0.3 is 0 Å². The molecule has 0 saturated heterocycles. The predicted molar refractivity (Wildman–Crippen MR) is 80.2 cm³/mol. The zero-order valence-electron chi connectivity index (χ0n) is 12.4. The van der Waals surface area contributed by atoms with E-state index in [2.05, 4.69) is 15.3 Å². The first-order valence-electron chi connectivity index (χ1n) is 6.61. The van der Waals surface area contributed by atoms with Crippen LogP contribution in [0.25, 0.3) is 0 Å². The second-order valence-electron chi connectivity index (χ2n) is 4.30. The van der Waals surface area contributed by atoms with E-state index in [1.807, 2.05) is 24.3 Å². The summed E-state index contributed by atoms with van der Waals surface area (Å²) in [5.41, 5.74) is 1.19. The van der Waals surface area contributed by atoms with E-state index in [0.29, 0.717) is 29.8 Å². The summed E-state index contributed by atoms with van der Waals surface area (Å²) in [4.78, 5) is 8.18. The molecule has 0 amide bonds. The van der Waals surface area contributed by atoms with Gasteiger partial charge in [0.25, 0.3) is 5.88 Å². The summed E-state index contributed by atoms with van der Waals surface area (Å²) in [6, 6.07) is 7.79. The standard InChI is InChI=1S/C15H19N3O3/c1-16-14-13(20-3)15(18-10-17-14)21-12-6-4-11(5-7-12)8-9-19-2/h4-7,10H,8-9H2,1-3H3,(H,16,17,18). The number of hydrogen-bond acceptors (Lipinski definition) is 6. The number of hydrogen-bond donors (Lipinski definition) is 1. The highest BCUT2D eigenvalue weighted by Crippen LogP contribution is 2.33. The fraction of sp³-hybridized carbons (Fsp3) is 0.333. The normalized spacial score (nSPS) is 10.2. The molecule has 0 aliphatic rings. The van der Waals surface area contributed by atoms with Crippen molar-refractivity contribution in [2.45, 2.75) is 6.42 Å². The SMILES string of the molecule is CNc1ncnc(Oc2ccc(CCOC)cc2)c1OC. The Kier molecular flexibility index (Phi) is 5.34. The monoisotopic (exact) mass is 289 g/mol. The molecule has 21 heavy (non-hydrogen) atoms.